The molecule has 0 fully saturated rings. The maximum absolute atomic E-state index is 12.5. The molecule has 0 saturated heterocycles. The van der Waals surface area contributed by atoms with Gasteiger partial charge in [0.25, 0.3) is 17.4 Å². The number of pyridine rings is 1. The van der Waals surface area contributed by atoms with Gasteiger partial charge in [0.2, 0.25) is 0 Å². The lowest BCUT2D eigenvalue weighted by atomic mass is 10.1. The topological polar surface area (TPSA) is 121 Å². The van der Waals surface area contributed by atoms with Gasteiger partial charge < -0.3 is 4.90 Å². The van der Waals surface area contributed by atoms with E-state index < -0.39 is 0 Å². The van der Waals surface area contributed by atoms with Crippen LogP contribution in [0.25, 0.3) is 0 Å². The van der Waals surface area contributed by atoms with E-state index in [1.165, 1.54) is 23.5 Å². The minimum absolute atomic E-state index is 0.186. The molecule has 0 radical (unpaired) electrons. The zero-order valence-corrected chi connectivity index (χ0v) is 14.8. The first kappa shape index (κ1) is 17.0. The number of nitrogens with one attached hydrogen (secondary N) is 2. The van der Waals surface area contributed by atoms with Gasteiger partial charge in [-0.2, -0.15) is 5.10 Å². The zero-order valence-electron chi connectivity index (χ0n) is 14.0. The normalized spacial score (nSPS) is 13.1. The van der Waals surface area contributed by atoms with Crippen molar-refractivity contribution in [1.29, 1.82) is 0 Å². The van der Waals surface area contributed by atoms with Crippen LogP contribution < -0.4 is 10.9 Å². The van der Waals surface area contributed by atoms with Crippen LogP contribution in [0.2, 0.25) is 0 Å². The first-order valence-electron chi connectivity index (χ1n) is 8.16. The molecule has 0 saturated carbocycles. The van der Waals surface area contributed by atoms with Crippen molar-refractivity contribution in [3.05, 3.63) is 68.8 Å². The van der Waals surface area contributed by atoms with Crippen molar-refractivity contribution in [2.24, 2.45) is 0 Å². The molecule has 136 valence electrons. The van der Waals surface area contributed by atoms with Gasteiger partial charge in [0.1, 0.15) is 11.4 Å². The molecule has 0 unspecified atom stereocenters. The first-order chi connectivity index (χ1) is 13.1. The fourth-order valence-corrected chi connectivity index (χ4v) is 3.72. The number of carbonyl (C=O) groups excluding carboxylic acids is 2. The molecule has 9 nitrogen and oxygen atoms in total. The highest BCUT2D eigenvalue weighted by atomic mass is 32.1. The molecular formula is C17H14N6O3S. The number of hydrogen-bond acceptors (Lipinski definition) is 7. The predicted octanol–water partition coefficient (Wildman–Crippen LogP) is 1.07. The summed E-state index contributed by atoms with van der Waals surface area (Å²) in [5, 5.41) is 9.27. The largest absolute Gasteiger partial charge is 0.332 e. The van der Waals surface area contributed by atoms with Gasteiger partial charge in [-0.25, -0.2) is 10.1 Å². The van der Waals surface area contributed by atoms with Crippen LogP contribution in [0.3, 0.4) is 0 Å². The molecule has 0 bridgehead atoms. The maximum Gasteiger partial charge on any atom is 0.276 e. The van der Waals surface area contributed by atoms with Crippen LogP contribution in [0, 0.1) is 0 Å². The smallest absolute Gasteiger partial charge is 0.276 e. The van der Waals surface area contributed by atoms with E-state index in [0.717, 1.165) is 10.6 Å². The molecule has 2 N–H and O–H groups in total. The molecule has 0 aromatic carbocycles. The summed E-state index contributed by atoms with van der Waals surface area (Å²) < 4.78 is 0. The summed E-state index contributed by atoms with van der Waals surface area (Å²) in [6.45, 7) is 0.871. The minimum Gasteiger partial charge on any atom is -0.332 e. The fourth-order valence-electron chi connectivity index (χ4n) is 2.71. The highest BCUT2D eigenvalue weighted by Gasteiger charge is 2.26. The summed E-state index contributed by atoms with van der Waals surface area (Å²) in [6, 6.07) is 7.78. The summed E-state index contributed by atoms with van der Waals surface area (Å²) in [4.78, 5) is 46.9. The Labute approximate surface area is 157 Å². The molecule has 0 aliphatic carbocycles. The first-order valence-corrected chi connectivity index (χ1v) is 8.98. The average molecular weight is 382 g/mol. The summed E-state index contributed by atoms with van der Waals surface area (Å²) in [5.74, 6) is -0.587. The summed E-state index contributed by atoms with van der Waals surface area (Å²) >= 11 is 1.33. The van der Waals surface area contributed by atoms with E-state index in [1.54, 1.807) is 29.3 Å². The van der Waals surface area contributed by atoms with Crippen molar-refractivity contribution in [3.8, 4) is 0 Å². The third-order valence-electron chi connectivity index (χ3n) is 4.03. The lowest BCUT2D eigenvalue weighted by Crippen LogP contribution is -2.36. The second-order valence-electron chi connectivity index (χ2n) is 5.84. The minimum atomic E-state index is -0.358. The Morgan fingerprint density at radius 3 is 2.81 bits per heavy atom. The Hall–Kier alpha value is -3.40. The molecule has 0 atom stereocenters. The third-order valence-corrected chi connectivity index (χ3v) is 5.03. The third kappa shape index (κ3) is 3.60. The number of hydrogen-bond donors (Lipinski definition) is 2. The van der Waals surface area contributed by atoms with Crippen LogP contribution in [-0.2, 0) is 13.0 Å². The highest BCUT2D eigenvalue weighted by molar-refractivity contribution is 7.15. The molecule has 4 heterocycles. The molecule has 0 spiro atoms. The van der Waals surface area contributed by atoms with Gasteiger partial charge >= 0.3 is 0 Å². The highest BCUT2D eigenvalue weighted by Crippen LogP contribution is 2.29. The van der Waals surface area contributed by atoms with Crippen LogP contribution in [0.15, 0.2) is 41.3 Å². The number of carbonyl (C=O) groups is 2. The van der Waals surface area contributed by atoms with E-state index in [9.17, 15) is 14.4 Å². The van der Waals surface area contributed by atoms with E-state index in [4.69, 9.17) is 0 Å². The predicted molar refractivity (Wildman–Crippen MR) is 97.6 cm³/mol. The fraction of sp³-hybridized carbons (Fsp3) is 0.176. The van der Waals surface area contributed by atoms with Gasteiger partial charge in [0, 0.05) is 30.1 Å². The summed E-state index contributed by atoms with van der Waals surface area (Å²) in [7, 11) is 0. The second-order valence-corrected chi connectivity index (χ2v) is 6.92. The molecule has 2 amide bonds. The van der Waals surface area contributed by atoms with Crippen molar-refractivity contribution in [3.63, 3.8) is 0 Å². The van der Waals surface area contributed by atoms with Crippen LogP contribution in [0.4, 0.5) is 5.13 Å². The van der Waals surface area contributed by atoms with Crippen LogP contribution >= 0.6 is 11.3 Å². The van der Waals surface area contributed by atoms with Gasteiger partial charge in [-0.3, -0.25) is 24.7 Å². The van der Waals surface area contributed by atoms with Crippen molar-refractivity contribution < 1.29 is 9.59 Å². The molecule has 3 aromatic heterocycles. The molecule has 1 aliphatic heterocycles. The number of anilines is 1. The Morgan fingerprint density at radius 1 is 1.19 bits per heavy atom. The van der Waals surface area contributed by atoms with Crippen LogP contribution in [0.1, 0.15) is 31.5 Å². The van der Waals surface area contributed by atoms with E-state index in [1.807, 2.05) is 0 Å². The summed E-state index contributed by atoms with van der Waals surface area (Å²) in [6.07, 6.45) is 2.14. The Balaban J connectivity index is 1.47. The Morgan fingerprint density at radius 2 is 2.07 bits per heavy atom. The molecule has 27 heavy (non-hydrogen) atoms. The number of rotatable bonds is 3. The number of fused-ring (bicyclic) bond motifs is 1. The standard InChI is InChI=1S/C17H14N6O3S/c24-14-5-4-12(21-22-14)16(26)23-8-6-10-13(9-23)27-17(19-10)20-15(25)11-3-1-2-7-18-11/h1-5,7H,6,8-9H2,(H,22,24)(H,19,20,25). The van der Waals surface area contributed by atoms with Crippen molar-refractivity contribution >= 4 is 28.3 Å². The molecule has 10 heteroatoms. The monoisotopic (exact) mass is 382 g/mol. The molecular weight excluding hydrogens is 368 g/mol. The van der Waals surface area contributed by atoms with Gasteiger partial charge in [0.05, 0.1) is 12.2 Å². The maximum atomic E-state index is 12.5. The van der Waals surface area contributed by atoms with Gasteiger partial charge in [-0.05, 0) is 18.2 Å². The zero-order chi connectivity index (χ0) is 18.8. The SMILES string of the molecule is O=C(Nc1nc2c(s1)CN(C(=O)c1ccc(=O)[nH]n1)CC2)c1ccccn1. The number of aromatic nitrogens is 4. The van der Waals surface area contributed by atoms with E-state index in [-0.39, 0.29) is 23.1 Å². The van der Waals surface area contributed by atoms with E-state index in [0.29, 0.717) is 30.3 Å². The van der Waals surface area contributed by atoms with E-state index in [2.05, 4.69) is 25.5 Å². The van der Waals surface area contributed by atoms with Gasteiger partial charge in [-0.1, -0.05) is 17.4 Å². The van der Waals surface area contributed by atoms with Crippen molar-refractivity contribution in [1.82, 2.24) is 25.1 Å². The number of H-pyrrole nitrogens is 1. The van der Waals surface area contributed by atoms with Gasteiger partial charge in [0.15, 0.2) is 5.13 Å². The second kappa shape index (κ2) is 7.08. The number of thiazole rings is 1. The van der Waals surface area contributed by atoms with Gasteiger partial charge in [-0.15, -0.1) is 0 Å². The lowest BCUT2D eigenvalue weighted by Gasteiger charge is -2.25. The van der Waals surface area contributed by atoms with Crippen LogP contribution in [0.5, 0.6) is 0 Å². The molecule has 1 aliphatic rings. The molecule has 4 rings (SSSR count). The number of amides is 2. The summed E-state index contributed by atoms with van der Waals surface area (Å²) in [5.41, 5.74) is 1.01. The number of nitrogens with zero attached hydrogens (tertiary/aromatic N) is 4. The number of aromatic amines is 1. The Kier molecular flexibility index (Phi) is 4.47. The van der Waals surface area contributed by atoms with Crippen molar-refractivity contribution in [2.45, 2.75) is 13.0 Å². The molecule has 3 aromatic rings. The average Bonchev–Trinajstić information content (AvgIpc) is 3.10. The van der Waals surface area contributed by atoms with Crippen molar-refractivity contribution in [2.75, 3.05) is 11.9 Å². The van der Waals surface area contributed by atoms with E-state index >= 15 is 0 Å². The lowest BCUT2D eigenvalue weighted by molar-refractivity contribution is 0.0728. The quantitative estimate of drug-likeness (QED) is 0.699. The Bertz CT molecular complexity index is 1040. The van der Waals surface area contributed by atoms with Crippen LogP contribution in [-0.4, -0.2) is 43.4 Å².